The Morgan fingerprint density at radius 2 is 2.00 bits per heavy atom. The number of likely N-dealkylation sites (N-methyl/N-ethyl adjacent to an activating group) is 1. The molecular weight excluding hydrogens is 351 g/mol. The van der Waals surface area contributed by atoms with E-state index in [1.807, 2.05) is 18.2 Å². The van der Waals surface area contributed by atoms with Crippen LogP contribution in [0, 0.1) is 5.82 Å². The molecule has 3 aromatic rings. The monoisotopic (exact) mass is 370 g/mol. The zero-order valence-electron chi connectivity index (χ0n) is 14.8. The van der Waals surface area contributed by atoms with Crippen molar-refractivity contribution >= 4 is 22.5 Å². The molecule has 2 aliphatic rings. The highest BCUT2D eigenvalue weighted by Crippen LogP contribution is 2.48. The minimum absolute atomic E-state index is 0.266. The van der Waals surface area contributed by atoms with Gasteiger partial charge in [-0.15, -0.1) is 0 Å². The second kappa shape index (κ2) is 5.73. The summed E-state index contributed by atoms with van der Waals surface area (Å²) in [5.74, 6) is -0.0765. The Hall–Kier alpha value is -2.04. The van der Waals surface area contributed by atoms with E-state index >= 15 is 0 Å². The number of aromatic nitrogens is 1. The smallest absolute Gasteiger partial charge is 0.167 e. The average molecular weight is 371 g/mol. The third kappa shape index (κ3) is 2.15. The number of halogens is 2. The van der Waals surface area contributed by atoms with Crippen LogP contribution in [0.1, 0.15) is 30.1 Å². The van der Waals surface area contributed by atoms with Crippen LogP contribution >= 0.6 is 11.6 Å². The van der Waals surface area contributed by atoms with Crippen LogP contribution in [0.5, 0.6) is 5.75 Å². The molecular formula is C21H20ClFN2O. The van der Waals surface area contributed by atoms with E-state index in [0.29, 0.717) is 12.1 Å². The fourth-order valence-electron chi connectivity index (χ4n) is 4.83. The van der Waals surface area contributed by atoms with Gasteiger partial charge in [-0.05, 0) is 55.8 Å². The van der Waals surface area contributed by atoms with E-state index in [1.54, 1.807) is 12.1 Å². The second-order valence-corrected chi connectivity index (χ2v) is 7.73. The zero-order valence-corrected chi connectivity index (χ0v) is 15.6. The third-order valence-corrected chi connectivity index (χ3v) is 6.30. The Morgan fingerprint density at radius 1 is 1.15 bits per heavy atom. The van der Waals surface area contributed by atoms with Crippen LogP contribution in [-0.2, 0) is 6.42 Å². The van der Waals surface area contributed by atoms with Crippen molar-refractivity contribution in [3.8, 4) is 11.4 Å². The van der Waals surface area contributed by atoms with Gasteiger partial charge in [-0.1, -0.05) is 11.6 Å². The molecule has 0 saturated carbocycles. The fraction of sp³-hybridized carbons (Fsp3) is 0.333. The topological polar surface area (TPSA) is 17.4 Å². The predicted octanol–water partition coefficient (Wildman–Crippen LogP) is 5.12. The van der Waals surface area contributed by atoms with Gasteiger partial charge >= 0.3 is 0 Å². The summed E-state index contributed by atoms with van der Waals surface area (Å²) in [4.78, 5) is 2.49. The first-order chi connectivity index (χ1) is 12.6. The number of hydrogen-bond donors (Lipinski definition) is 0. The molecule has 0 amide bonds. The lowest BCUT2D eigenvalue weighted by Gasteiger charge is -2.32. The predicted molar refractivity (Wildman–Crippen MR) is 102 cm³/mol. The molecule has 134 valence electrons. The summed E-state index contributed by atoms with van der Waals surface area (Å²) in [5, 5.41) is 1.92. The molecule has 0 radical (unpaired) electrons. The number of hydrogen-bond acceptors (Lipinski definition) is 2. The molecule has 1 aromatic heterocycles. The summed E-state index contributed by atoms with van der Waals surface area (Å²) in [6.07, 6.45) is 3.34. The first-order valence-corrected chi connectivity index (χ1v) is 9.35. The number of rotatable bonds is 2. The number of ether oxygens (including phenoxy) is 1. The van der Waals surface area contributed by atoms with Gasteiger partial charge in [-0.3, -0.25) is 4.90 Å². The SMILES string of the molecule is COc1ccc(-n2c3c(c4cc(Cl)ccc42)C2CCC(C3)N2C)cc1F. The highest BCUT2D eigenvalue weighted by atomic mass is 35.5. The van der Waals surface area contributed by atoms with Crippen molar-refractivity contribution in [2.45, 2.75) is 31.3 Å². The lowest BCUT2D eigenvalue weighted by molar-refractivity contribution is 0.223. The molecule has 3 nitrogen and oxygen atoms in total. The van der Waals surface area contributed by atoms with Crippen LogP contribution in [-0.4, -0.2) is 29.7 Å². The third-order valence-electron chi connectivity index (χ3n) is 6.07. The highest BCUT2D eigenvalue weighted by molar-refractivity contribution is 6.31. The van der Waals surface area contributed by atoms with Gasteiger partial charge in [0.2, 0.25) is 0 Å². The normalized spacial score (nSPS) is 22.0. The van der Waals surface area contributed by atoms with Crippen molar-refractivity contribution < 1.29 is 9.13 Å². The van der Waals surface area contributed by atoms with Crippen molar-refractivity contribution in [2.24, 2.45) is 0 Å². The van der Waals surface area contributed by atoms with Crippen molar-refractivity contribution in [1.82, 2.24) is 9.47 Å². The Morgan fingerprint density at radius 3 is 2.77 bits per heavy atom. The fourth-order valence-corrected chi connectivity index (χ4v) is 5.00. The standard InChI is InChI=1S/C21H20ClFN2O/c1-24-13-4-7-18(24)21-15-9-12(22)3-6-17(15)25(19(21)11-13)14-5-8-20(26-2)16(23)10-14/h3,5-6,8-10,13,18H,4,7,11H2,1-2H3. The van der Waals surface area contributed by atoms with E-state index in [1.165, 1.54) is 30.2 Å². The Labute approximate surface area is 156 Å². The maximum atomic E-state index is 14.4. The lowest BCUT2D eigenvalue weighted by atomic mass is 9.97. The van der Waals surface area contributed by atoms with E-state index < -0.39 is 0 Å². The Bertz CT molecular complexity index is 1030. The van der Waals surface area contributed by atoms with Crippen molar-refractivity contribution in [3.05, 3.63) is 58.5 Å². The molecule has 0 N–H and O–H groups in total. The minimum Gasteiger partial charge on any atom is -0.494 e. The van der Waals surface area contributed by atoms with Crippen molar-refractivity contribution in [1.29, 1.82) is 0 Å². The van der Waals surface area contributed by atoms with Crippen LogP contribution in [0.3, 0.4) is 0 Å². The quantitative estimate of drug-likeness (QED) is 0.622. The van der Waals surface area contributed by atoms with Gasteiger partial charge < -0.3 is 9.30 Å². The summed E-state index contributed by atoms with van der Waals surface area (Å²) in [5.41, 5.74) is 4.57. The molecule has 0 spiro atoms. The average Bonchev–Trinajstić information content (AvgIpc) is 3.05. The largest absolute Gasteiger partial charge is 0.494 e. The molecule has 2 aliphatic heterocycles. The lowest BCUT2D eigenvalue weighted by Crippen LogP contribution is -2.34. The van der Waals surface area contributed by atoms with Gasteiger partial charge in [0, 0.05) is 46.4 Å². The van der Waals surface area contributed by atoms with Gasteiger partial charge in [-0.25, -0.2) is 4.39 Å². The first kappa shape index (κ1) is 16.2. The highest BCUT2D eigenvalue weighted by Gasteiger charge is 2.41. The summed E-state index contributed by atoms with van der Waals surface area (Å²) < 4.78 is 21.7. The van der Waals surface area contributed by atoms with E-state index in [-0.39, 0.29) is 11.6 Å². The zero-order chi connectivity index (χ0) is 18.0. The van der Waals surface area contributed by atoms with Gasteiger partial charge in [0.15, 0.2) is 11.6 Å². The van der Waals surface area contributed by atoms with Crippen molar-refractivity contribution in [3.63, 3.8) is 0 Å². The summed E-state index contributed by atoms with van der Waals surface area (Å²) >= 11 is 6.32. The van der Waals surface area contributed by atoms with Crippen LogP contribution in [0.15, 0.2) is 36.4 Å². The van der Waals surface area contributed by atoms with Gasteiger partial charge in [-0.2, -0.15) is 0 Å². The number of nitrogens with zero attached hydrogens (tertiary/aromatic N) is 2. The maximum absolute atomic E-state index is 14.4. The van der Waals surface area contributed by atoms with Crippen molar-refractivity contribution in [2.75, 3.05) is 14.2 Å². The minimum atomic E-state index is -0.342. The molecule has 5 rings (SSSR count). The van der Waals surface area contributed by atoms with E-state index in [2.05, 4.69) is 22.6 Å². The Balaban J connectivity index is 1.81. The summed E-state index contributed by atoms with van der Waals surface area (Å²) in [6, 6.07) is 12.2. The number of benzene rings is 2. The van der Waals surface area contributed by atoms with Crippen LogP contribution in [0.4, 0.5) is 4.39 Å². The molecule has 2 unspecified atom stereocenters. The molecule has 2 bridgehead atoms. The van der Waals surface area contributed by atoms with E-state index in [4.69, 9.17) is 16.3 Å². The van der Waals surface area contributed by atoms with Crippen LogP contribution in [0.2, 0.25) is 5.02 Å². The molecule has 2 aromatic carbocycles. The number of fused-ring (bicyclic) bond motifs is 6. The molecule has 3 heterocycles. The maximum Gasteiger partial charge on any atom is 0.167 e. The van der Waals surface area contributed by atoms with Gasteiger partial charge in [0.05, 0.1) is 12.6 Å². The Kier molecular flexibility index (Phi) is 3.56. The van der Waals surface area contributed by atoms with Gasteiger partial charge in [0.25, 0.3) is 0 Å². The van der Waals surface area contributed by atoms with E-state index in [0.717, 1.165) is 29.1 Å². The first-order valence-electron chi connectivity index (χ1n) is 8.97. The molecule has 26 heavy (non-hydrogen) atoms. The van der Waals surface area contributed by atoms with Crippen LogP contribution < -0.4 is 4.74 Å². The molecule has 1 fully saturated rings. The molecule has 1 saturated heterocycles. The summed E-state index contributed by atoms with van der Waals surface area (Å²) in [6.45, 7) is 0. The van der Waals surface area contributed by atoms with E-state index in [9.17, 15) is 4.39 Å². The van der Waals surface area contributed by atoms with Gasteiger partial charge in [0.1, 0.15) is 0 Å². The number of methoxy groups -OCH3 is 1. The molecule has 2 atom stereocenters. The van der Waals surface area contributed by atoms with Crippen LogP contribution in [0.25, 0.3) is 16.6 Å². The molecule has 5 heteroatoms. The summed E-state index contributed by atoms with van der Waals surface area (Å²) in [7, 11) is 3.70. The second-order valence-electron chi connectivity index (χ2n) is 7.29. The molecule has 0 aliphatic carbocycles.